The summed E-state index contributed by atoms with van der Waals surface area (Å²) in [4.78, 5) is 14.0. The lowest BCUT2D eigenvalue weighted by Gasteiger charge is -2.21. The van der Waals surface area contributed by atoms with Crippen molar-refractivity contribution in [2.45, 2.75) is 24.6 Å². The van der Waals surface area contributed by atoms with E-state index < -0.39 is 24.6 Å². The number of aromatic nitrogens is 4. The largest absolute Gasteiger partial charge is 0.387 e. The van der Waals surface area contributed by atoms with E-state index in [1.807, 2.05) is 24.1 Å². The minimum Gasteiger partial charge on any atom is -0.387 e. The molecule has 1 saturated heterocycles. The number of hydrogen-bond acceptors (Lipinski definition) is 8. The standard InChI is InChI=1S/C15H22FN7O2/c1-22(5-3-2-4-17)6-9-12(24)10(16)15(25-9)23-8-21-11-13(18)19-7-20-14(11)23/h2-3,7-10,12,15,24H,4-6,17H2,1H3,(H2,18,19,20)/t9-,10+,12-,15-/m1/s1. The van der Waals surface area contributed by atoms with E-state index >= 15 is 0 Å². The number of imidazole rings is 1. The molecule has 0 spiro atoms. The van der Waals surface area contributed by atoms with Crippen LogP contribution in [0.5, 0.6) is 0 Å². The summed E-state index contributed by atoms with van der Waals surface area (Å²) in [7, 11) is 1.86. The monoisotopic (exact) mass is 351 g/mol. The fourth-order valence-electron chi connectivity index (χ4n) is 2.87. The third-order valence-electron chi connectivity index (χ3n) is 4.17. The van der Waals surface area contributed by atoms with E-state index in [9.17, 15) is 9.50 Å². The molecule has 0 aromatic carbocycles. The van der Waals surface area contributed by atoms with Gasteiger partial charge in [0.05, 0.1) is 6.33 Å². The van der Waals surface area contributed by atoms with Crippen LogP contribution >= 0.6 is 0 Å². The summed E-state index contributed by atoms with van der Waals surface area (Å²) in [5.74, 6) is 0.209. The number of fused-ring (bicyclic) bond motifs is 1. The molecule has 0 radical (unpaired) electrons. The van der Waals surface area contributed by atoms with Crippen LogP contribution in [0.1, 0.15) is 6.23 Å². The number of rotatable bonds is 6. The molecule has 1 aliphatic heterocycles. The zero-order valence-electron chi connectivity index (χ0n) is 13.9. The molecule has 1 aliphatic rings. The predicted molar refractivity (Wildman–Crippen MR) is 90.2 cm³/mol. The third kappa shape index (κ3) is 3.47. The molecule has 2 aromatic heterocycles. The number of likely N-dealkylation sites (N-methyl/N-ethyl adjacent to an activating group) is 1. The van der Waals surface area contributed by atoms with Gasteiger partial charge in [0.2, 0.25) is 0 Å². The summed E-state index contributed by atoms with van der Waals surface area (Å²) in [5, 5.41) is 10.2. The summed E-state index contributed by atoms with van der Waals surface area (Å²) in [6.45, 7) is 1.46. The zero-order valence-corrected chi connectivity index (χ0v) is 13.9. The van der Waals surface area contributed by atoms with Crippen molar-refractivity contribution in [3.8, 4) is 0 Å². The van der Waals surface area contributed by atoms with Gasteiger partial charge in [-0.1, -0.05) is 12.2 Å². The van der Waals surface area contributed by atoms with Gasteiger partial charge < -0.3 is 26.2 Å². The SMILES string of the molecule is CN(CC=CCN)C[C@H]1O[C@@H](n2cnc3c(N)ncnc32)[C@@H](F)[C@@H]1O. The highest BCUT2D eigenvalue weighted by molar-refractivity contribution is 5.81. The van der Waals surface area contributed by atoms with E-state index in [1.165, 1.54) is 17.2 Å². The van der Waals surface area contributed by atoms with Gasteiger partial charge in [-0.25, -0.2) is 19.3 Å². The first kappa shape index (κ1) is 17.7. The van der Waals surface area contributed by atoms with Crippen LogP contribution in [0.25, 0.3) is 11.2 Å². The highest BCUT2D eigenvalue weighted by Gasteiger charge is 2.45. The number of nitrogens with two attached hydrogens (primary N) is 2. The number of nitrogens with zero attached hydrogens (tertiary/aromatic N) is 5. The summed E-state index contributed by atoms with van der Waals surface area (Å²) in [5.41, 5.74) is 11.9. The fraction of sp³-hybridized carbons (Fsp3) is 0.533. The molecule has 10 heteroatoms. The van der Waals surface area contributed by atoms with Gasteiger partial charge in [-0.05, 0) is 7.05 Å². The van der Waals surface area contributed by atoms with Gasteiger partial charge >= 0.3 is 0 Å². The maximum atomic E-state index is 14.6. The zero-order chi connectivity index (χ0) is 18.0. The Balaban J connectivity index is 1.75. The lowest BCUT2D eigenvalue weighted by Crippen LogP contribution is -2.37. The van der Waals surface area contributed by atoms with E-state index in [0.717, 1.165) is 0 Å². The summed E-state index contributed by atoms with van der Waals surface area (Å²) in [6.07, 6.45) is 1.88. The lowest BCUT2D eigenvalue weighted by atomic mass is 10.1. The van der Waals surface area contributed by atoms with E-state index in [1.54, 1.807) is 0 Å². The number of halogens is 1. The van der Waals surface area contributed by atoms with E-state index in [-0.39, 0.29) is 5.82 Å². The topological polar surface area (TPSA) is 128 Å². The molecule has 25 heavy (non-hydrogen) atoms. The average molecular weight is 351 g/mol. The number of anilines is 1. The van der Waals surface area contributed by atoms with Crippen LogP contribution in [0.3, 0.4) is 0 Å². The molecule has 3 rings (SSSR count). The van der Waals surface area contributed by atoms with Gasteiger partial charge in [-0.15, -0.1) is 0 Å². The number of nitrogen functional groups attached to an aromatic ring is 1. The van der Waals surface area contributed by atoms with Crippen molar-refractivity contribution >= 4 is 17.0 Å². The number of aliphatic hydroxyl groups excluding tert-OH is 1. The fourth-order valence-corrected chi connectivity index (χ4v) is 2.87. The van der Waals surface area contributed by atoms with Crippen molar-refractivity contribution in [3.05, 3.63) is 24.8 Å². The van der Waals surface area contributed by atoms with Crippen molar-refractivity contribution in [3.63, 3.8) is 0 Å². The van der Waals surface area contributed by atoms with E-state index in [0.29, 0.717) is 30.8 Å². The van der Waals surface area contributed by atoms with Crippen molar-refractivity contribution in [2.24, 2.45) is 5.73 Å². The molecule has 4 atom stereocenters. The highest BCUT2D eigenvalue weighted by atomic mass is 19.1. The van der Waals surface area contributed by atoms with Gasteiger partial charge in [0, 0.05) is 19.6 Å². The lowest BCUT2D eigenvalue weighted by molar-refractivity contribution is -0.0330. The number of aliphatic hydroxyl groups is 1. The summed E-state index contributed by atoms with van der Waals surface area (Å²) < 4.78 is 21.8. The second-order valence-corrected chi connectivity index (χ2v) is 6.01. The first-order chi connectivity index (χ1) is 12.0. The molecular formula is C15H22FN7O2. The molecule has 0 saturated carbocycles. The van der Waals surface area contributed by atoms with Crippen molar-refractivity contribution < 1.29 is 14.2 Å². The Kier molecular flexibility index (Phi) is 5.23. The normalized spacial score (nSPS) is 27.1. The Labute approximate surface area is 144 Å². The maximum Gasteiger partial charge on any atom is 0.173 e. The molecule has 5 N–H and O–H groups in total. The van der Waals surface area contributed by atoms with Crippen LogP contribution < -0.4 is 11.5 Å². The predicted octanol–water partition coefficient (Wildman–Crippen LogP) is -0.548. The van der Waals surface area contributed by atoms with Gasteiger partial charge in [0.1, 0.15) is 24.1 Å². The molecule has 9 nitrogen and oxygen atoms in total. The molecule has 0 bridgehead atoms. The van der Waals surface area contributed by atoms with Gasteiger partial charge in [0.25, 0.3) is 0 Å². The Morgan fingerprint density at radius 1 is 1.40 bits per heavy atom. The Hall–Kier alpha value is -2.14. The second-order valence-electron chi connectivity index (χ2n) is 6.01. The minimum absolute atomic E-state index is 0.209. The molecule has 0 amide bonds. The summed E-state index contributed by atoms with van der Waals surface area (Å²) >= 11 is 0. The minimum atomic E-state index is -1.61. The average Bonchev–Trinajstić information content (AvgIpc) is 3.13. The van der Waals surface area contributed by atoms with Crippen LogP contribution in [0, 0.1) is 0 Å². The Morgan fingerprint density at radius 2 is 2.20 bits per heavy atom. The van der Waals surface area contributed by atoms with Crippen LogP contribution in [-0.2, 0) is 4.74 Å². The molecular weight excluding hydrogens is 329 g/mol. The third-order valence-corrected chi connectivity index (χ3v) is 4.17. The number of ether oxygens (including phenoxy) is 1. The summed E-state index contributed by atoms with van der Waals surface area (Å²) in [6, 6.07) is 0. The van der Waals surface area contributed by atoms with Crippen LogP contribution in [0.2, 0.25) is 0 Å². The number of hydrogen-bond donors (Lipinski definition) is 3. The first-order valence-corrected chi connectivity index (χ1v) is 7.97. The van der Waals surface area contributed by atoms with Gasteiger partial charge in [-0.2, -0.15) is 0 Å². The smallest absolute Gasteiger partial charge is 0.173 e. The van der Waals surface area contributed by atoms with Gasteiger partial charge in [0.15, 0.2) is 23.9 Å². The molecule has 1 fully saturated rings. The van der Waals surface area contributed by atoms with Crippen LogP contribution in [0.15, 0.2) is 24.8 Å². The van der Waals surface area contributed by atoms with Crippen molar-refractivity contribution in [1.29, 1.82) is 0 Å². The molecule has 136 valence electrons. The van der Waals surface area contributed by atoms with Crippen molar-refractivity contribution in [1.82, 2.24) is 24.4 Å². The van der Waals surface area contributed by atoms with Crippen LogP contribution in [0.4, 0.5) is 10.2 Å². The quantitative estimate of drug-likeness (QED) is 0.592. The second kappa shape index (κ2) is 7.40. The highest BCUT2D eigenvalue weighted by Crippen LogP contribution is 2.34. The molecule has 2 aromatic rings. The number of alkyl halides is 1. The Bertz CT molecular complexity index is 753. The molecule has 3 heterocycles. The van der Waals surface area contributed by atoms with Crippen LogP contribution in [-0.4, -0.2) is 74.6 Å². The van der Waals surface area contributed by atoms with E-state index in [4.69, 9.17) is 16.2 Å². The Morgan fingerprint density at radius 3 is 2.96 bits per heavy atom. The van der Waals surface area contributed by atoms with Crippen molar-refractivity contribution in [2.75, 3.05) is 32.4 Å². The maximum absolute atomic E-state index is 14.6. The van der Waals surface area contributed by atoms with Gasteiger partial charge in [-0.3, -0.25) is 4.57 Å². The first-order valence-electron chi connectivity index (χ1n) is 7.97. The molecule has 0 unspecified atom stereocenters. The molecule has 0 aliphatic carbocycles. The van der Waals surface area contributed by atoms with E-state index in [2.05, 4.69) is 15.0 Å².